The molecule has 0 spiro atoms. The monoisotopic (exact) mass is 278 g/mol. The Morgan fingerprint density at radius 3 is 2.38 bits per heavy atom. The summed E-state index contributed by atoms with van der Waals surface area (Å²) in [5.41, 5.74) is 5.22. The molecule has 0 N–H and O–H groups in total. The Morgan fingerprint density at radius 2 is 1.67 bits per heavy atom. The first-order chi connectivity index (χ1) is 10.4. The molecule has 2 aromatic heterocycles. The Hall–Kier alpha value is -2.09. The molecule has 2 heteroatoms. The molecular formula is C19H22N2. The van der Waals surface area contributed by atoms with E-state index in [0.717, 1.165) is 24.9 Å². The van der Waals surface area contributed by atoms with Gasteiger partial charge in [0.05, 0.1) is 0 Å². The third kappa shape index (κ3) is 2.46. The Morgan fingerprint density at radius 1 is 0.905 bits per heavy atom. The fraction of sp³-hybridized carbons (Fsp3) is 0.316. The Kier molecular flexibility index (Phi) is 4.05. The summed E-state index contributed by atoms with van der Waals surface area (Å²) >= 11 is 0. The highest BCUT2D eigenvalue weighted by molar-refractivity contribution is 5.84. The molecule has 1 aromatic carbocycles. The molecule has 0 bridgehead atoms. The minimum Gasteiger partial charge on any atom is -0.298 e. The average molecular weight is 278 g/mol. The van der Waals surface area contributed by atoms with Crippen molar-refractivity contribution in [3.05, 3.63) is 59.9 Å². The topological polar surface area (TPSA) is 17.8 Å². The molecule has 0 aliphatic heterocycles. The lowest BCUT2D eigenvalue weighted by molar-refractivity contribution is 0.815. The third-order valence-corrected chi connectivity index (χ3v) is 3.94. The van der Waals surface area contributed by atoms with Gasteiger partial charge in [-0.15, -0.1) is 0 Å². The lowest BCUT2D eigenvalue weighted by Crippen LogP contribution is -2.02. The summed E-state index contributed by atoms with van der Waals surface area (Å²) in [6, 6.07) is 14.9. The quantitative estimate of drug-likeness (QED) is 0.647. The number of rotatable bonds is 5. The smallest absolute Gasteiger partial charge is 0.144 e. The minimum absolute atomic E-state index is 1.09. The van der Waals surface area contributed by atoms with Crippen LogP contribution in [0.1, 0.15) is 37.9 Å². The summed E-state index contributed by atoms with van der Waals surface area (Å²) in [6.07, 6.45) is 6.44. The van der Waals surface area contributed by atoms with Crippen molar-refractivity contribution in [1.29, 1.82) is 0 Å². The van der Waals surface area contributed by atoms with Crippen molar-refractivity contribution in [1.82, 2.24) is 9.55 Å². The van der Waals surface area contributed by atoms with E-state index in [0.29, 0.717) is 0 Å². The Balaban J connectivity index is 2.33. The number of fused-ring (bicyclic) bond motifs is 1. The first-order valence-electron chi connectivity index (χ1n) is 7.89. The van der Waals surface area contributed by atoms with Crippen LogP contribution in [0.25, 0.3) is 16.7 Å². The van der Waals surface area contributed by atoms with E-state index in [1.807, 2.05) is 12.3 Å². The first-order valence-corrected chi connectivity index (χ1v) is 7.89. The molecule has 0 aliphatic carbocycles. The van der Waals surface area contributed by atoms with Gasteiger partial charge in [-0.1, -0.05) is 44.9 Å². The van der Waals surface area contributed by atoms with Crippen LogP contribution in [0.3, 0.4) is 0 Å². The van der Waals surface area contributed by atoms with Crippen molar-refractivity contribution in [3.8, 4) is 5.69 Å². The lowest BCUT2D eigenvalue weighted by atomic mass is 10.0. The van der Waals surface area contributed by atoms with Gasteiger partial charge in [-0.25, -0.2) is 4.98 Å². The van der Waals surface area contributed by atoms with Crippen LogP contribution in [0.2, 0.25) is 0 Å². The molecule has 0 saturated carbocycles. The molecule has 3 aromatic rings. The average Bonchev–Trinajstić information content (AvgIpc) is 2.83. The van der Waals surface area contributed by atoms with E-state index in [9.17, 15) is 0 Å². The molecular weight excluding hydrogens is 256 g/mol. The summed E-state index contributed by atoms with van der Waals surface area (Å²) in [5, 5.41) is 1.31. The molecule has 0 atom stereocenters. The second-order valence-electron chi connectivity index (χ2n) is 5.47. The molecule has 0 amide bonds. The predicted octanol–water partition coefficient (Wildman–Crippen LogP) is 4.93. The zero-order valence-electron chi connectivity index (χ0n) is 12.8. The second kappa shape index (κ2) is 6.13. The molecule has 0 unspecified atom stereocenters. The van der Waals surface area contributed by atoms with Crippen molar-refractivity contribution < 1.29 is 0 Å². The Bertz CT molecular complexity index is 726. The zero-order chi connectivity index (χ0) is 14.7. The maximum Gasteiger partial charge on any atom is 0.144 e. The van der Waals surface area contributed by atoms with Gasteiger partial charge >= 0.3 is 0 Å². The van der Waals surface area contributed by atoms with E-state index < -0.39 is 0 Å². The van der Waals surface area contributed by atoms with Gasteiger partial charge < -0.3 is 0 Å². The van der Waals surface area contributed by atoms with Gasteiger partial charge in [0.1, 0.15) is 5.65 Å². The third-order valence-electron chi connectivity index (χ3n) is 3.94. The van der Waals surface area contributed by atoms with Gasteiger partial charge in [0.25, 0.3) is 0 Å². The summed E-state index contributed by atoms with van der Waals surface area (Å²) in [7, 11) is 0. The van der Waals surface area contributed by atoms with Gasteiger partial charge in [-0.05, 0) is 42.7 Å². The van der Waals surface area contributed by atoms with Crippen LogP contribution in [0.4, 0.5) is 0 Å². The summed E-state index contributed by atoms with van der Waals surface area (Å²) in [6.45, 7) is 4.49. The molecule has 3 rings (SSSR count). The largest absolute Gasteiger partial charge is 0.298 e. The van der Waals surface area contributed by atoms with Crippen molar-refractivity contribution in [2.75, 3.05) is 0 Å². The molecule has 108 valence electrons. The lowest BCUT2D eigenvalue weighted by Gasteiger charge is -2.11. The number of hydrogen-bond donors (Lipinski definition) is 0. The first kappa shape index (κ1) is 13.9. The maximum atomic E-state index is 4.67. The Labute approximate surface area is 126 Å². The molecule has 0 fully saturated rings. The zero-order valence-corrected chi connectivity index (χ0v) is 12.8. The van der Waals surface area contributed by atoms with E-state index in [2.05, 4.69) is 59.8 Å². The van der Waals surface area contributed by atoms with E-state index in [1.54, 1.807) is 0 Å². The predicted molar refractivity (Wildman–Crippen MR) is 89.1 cm³/mol. The van der Waals surface area contributed by atoms with Crippen LogP contribution < -0.4 is 0 Å². The highest BCUT2D eigenvalue weighted by Crippen LogP contribution is 2.30. The number of aromatic nitrogens is 2. The van der Waals surface area contributed by atoms with Crippen LogP contribution in [0.15, 0.2) is 48.7 Å². The van der Waals surface area contributed by atoms with Crippen LogP contribution in [0.5, 0.6) is 0 Å². The molecule has 0 saturated heterocycles. The van der Waals surface area contributed by atoms with Gasteiger partial charge in [-0.2, -0.15) is 0 Å². The fourth-order valence-corrected chi connectivity index (χ4v) is 3.11. The summed E-state index contributed by atoms with van der Waals surface area (Å²) < 4.78 is 2.35. The number of hydrogen-bond acceptors (Lipinski definition) is 1. The van der Waals surface area contributed by atoms with Crippen LogP contribution in [-0.2, 0) is 12.8 Å². The highest BCUT2D eigenvalue weighted by Gasteiger charge is 2.17. The minimum atomic E-state index is 1.09. The SMILES string of the molecule is CCCc1c(CCC)n(-c2ccccc2)c2ncccc12. The maximum absolute atomic E-state index is 4.67. The normalized spacial score (nSPS) is 11.1. The van der Waals surface area contributed by atoms with Gasteiger partial charge in [0, 0.05) is 23.0 Å². The second-order valence-corrected chi connectivity index (χ2v) is 5.47. The van der Waals surface area contributed by atoms with Gasteiger partial charge in [0.15, 0.2) is 0 Å². The van der Waals surface area contributed by atoms with Crippen molar-refractivity contribution in [2.45, 2.75) is 39.5 Å². The number of para-hydroxylation sites is 1. The fourth-order valence-electron chi connectivity index (χ4n) is 3.11. The highest BCUT2D eigenvalue weighted by atomic mass is 15.1. The number of nitrogens with zero attached hydrogens (tertiary/aromatic N) is 2. The standard InChI is InChI=1S/C19H22N2/c1-3-9-16-17-13-8-14-20-19(17)21(18(16)10-4-2)15-11-6-5-7-12-15/h5-8,11-14H,3-4,9-10H2,1-2H3. The van der Waals surface area contributed by atoms with Crippen LogP contribution in [0, 0.1) is 0 Å². The van der Waals surface area contributed by atoms with E-state index in [-0.39, 0.29) is 0 Å². The summed E-state index contributed by atoms with van der Waals surface area (Å²) in [5.74, 6) is 0. The molecule has 0 radical (unpaired) electrons. The molecule has 0 aliphatic rings. The van der Waals surface area contributed by atoms with Crippen LogP contribution >= 0.6 is 0 Å². The number of pyridine rings is 1. The number of benzene rings is 1. The van der Waals surface area contributed by atoms with E-state index >= 15 is 0 Å². The number of aryl methyl sites for hydroxylation is 1. The van der Waals surface area contributed by atoms with Crippen molar-refractivity contribution in [3.63, 3.8) is 0 Å². The van der Waals surface area contributed by atoms with Gasteiger partial charge in [0.2, 0.25) is 0 Å². The molecule has 2 heterocycles. The molecule has 21 heavy (non-hydrogen) atoms. The van der Waals surface area contributed by atoms with E-state index in [4.69, 9.17) is 0 Å². The van der Waals surface area contributed by atoms with E-state index in [1.165, 1.54) is 28.8 Å². The van der Waals surface area contributed by atoms with Crippen molar-refractivity contribution in [2.24, 2.45) is 0 Å². The van der Waals surface area contributed by atoms with Gasteiger partial charge in [-0.3, -0.25) is 4.57 Å². The van der Waals surface area contributed by atoms with Crippen molar-refractivity contribution >= 4 is 11.0 Å². The van der Waals surface area contributed by atoms with Crippen LogP contribution in [-0.4, -0.2) is 9.55 Å². The molecule has 2 nitrogen and oxygen atoms in total. The summed E-state index contributed by atoms with van der Waals surface area (Å²) in [4.78, 5) is 4.67.